The number of nitrogens with one attached hydrogen (secondary N) is 1. The van der Waals surface area contributed by atoms with E-state index in [0.717, 1.165) is 5.69 Å². The molecular formula is C14H11Cl2N5O2. The molecule has 3 aromatic rings. The summed E-state index contributed by atoms with van der Waals surface area (Å²) in [5.41, 5.74) is 1.73. The van der Waals surface area contributed by atoms with Gasteiger partial charge in [0.1, 0.15) is 5.69 Å². The second-order valence-electron chi connectivity index (χ2n) is 4.79. The molecule has 2 aromatic heterocycles. The zero-order chi connectivity index (χ0) is 16.6. The monoisotopic (exact) mass is 351 g/mol. The van der Waals surface area contributed by atoms with Gasteiger partial charge in [-0.15, -0.1) is 5.10 Å². The Balaban J connectivity index is 1.80. The Hall–Kier alpha value is -2.38. The van der Waals surface area contributed by atoms with Crippen LogP contribution >= 0.6 is 23.2 Å². The summed E-state index contributed by atoms with van der Waals surface area (Å²) in [6.45, 7) is 1.90. The molecule has 9 heteroatoms. The van der Waals surface area contributed by atoms with Crippen LogP contribution in [0.15, 0.2) is 28.7 Å². The fraction of sp³-hybridized carbons (Fsp3) is 0.143. The number of carbonyl (C=O) groups excluding carboxylic acids is 1. The van der Waals surface area contributed by atoms with Crippen LogP contribution in [0.3, 0.4) is 0 Å². The van der Waals surface area contributed by atoms with Crippen LogP contribution in [0.25, 0.3) is 11.6 Å². The number of nitrogens with zero attached hydrogens (tertiary/aromatic N) is 4. The van der Waals surface area contributed by atoms with Crippen molar-refractivity contribution in [3.63, 3.8) is 0 Å². The third kappa shape index (κ3) is 3.20. The number of amides is 1. The average molecular weight is 352 g/mol. The molecule has 1 amide bonds. The van der Waals surface area contributed by atoms with Crippen molar-refractivity contribution in [1.29, 1.82) is 0 Å². The van der Waals surface area contributed by atoms with Gasteiger partial charge in [-0.25, -0.2) is 0 Å². The average Bonchev–Trinajstić information content (AvgIpc) is 3.06. The maximum absolute atomic E-state index is 12.2. The molecule has 0 unspecified atom stereocenters. The molecule has 118 valence electrons. The summed E-state index contributed by atoms with van der Waals surface area (Å²) >= 11 is 11.8. The Morgan fingerprint density at radius 1 is 1.26 bits per heavy atom. The van der Waals surface area contributed by atoms with Crippen molar-refractivity contribution in [3.05, 3.63) is 45.6 Å². The van der Waals surface area contributed by atoms with Gasteiger partial charge in [-0.2, -0.15) is 5.10 Å². The zero-order valence-corrected chi connectivity index (χ0v) is 13.7. The molecule has 0 saturated carbocycles. The summed E-state index contributed by atoms with van der Waals surface area (Å²) in [5.74, 6) is -0.259. The third-order valence-electron chi connectivity index (χ3n) is 3.15. The summed E-state index contributed by atoms with van der Waals surface area (Å²) < 4.78 is 7.08. The van der Waals surface area contributed by atoms with Crippen molar-refractivity contribution in [3.8, 4) is 11.6 Å². The maximum atomic E-state index is 12.2. The largest absolute Gasteiger partial charge is 0.401 e. The first-order chi connectivity index (χ1) is 10.9. The normalized spacial score (nSPS) is 10.8. The minimum absolute atomic E-state index is 0.0423. The van der Waals surface area contributed by atoms with Crippen LogP contribution in [0, 0.1) is 6.92 Å². The quantitative estimate of drug-likeness (QED) is 0.781. The first kappa shape index (κ1) is 15.5. The Morgan fingerprint density at radius 2 is 2.04 bits per heavy atom. The van der Waals surface area contributed by atoms with Crippen molar-refractivity contribution in [2.75, 3.05) is 5.32 Å². The lowest BCUT2D eigenvalue weighted by atomic mass is 10.2. The lowest BCUT2D eigenvalue weighted by Gasteiger charge is -2.03. The van der Waals surface area contributed by atoms with Crippen molar-refractivity contribution < 1.29 is 9.21 Å². The molecule has 0 atom stereocenters. The van der Waals surface area contributed by atoms with E-state index in [9.17, 15) is 4.79 Å². The molecule has 1 aromatic carbocycles. The highest BCUT2D eigenvalue weighted by Crippen LogP contribution is 2.23. The number of carbonyl (C=O) groups is 1. The number of halogens is 2. The van der Waals surface area contributed by atoms with Gasteiger partial charge in [0.25, 0.3) is 11.8 Å². The predicted molar refractivity (Wildman–Crippen MR) is 85.7 cm³/mol. The smallest absolute Gasteiger partial charge is 0.322 e. The van der Waals surface area contributed by atoms with Crippen LogP contribution in [-0.2, 0) is 7.05 Å². The number of aryl methyl sites for hydroxylation is 2. The van der Waals surface area contributed by atoms with Crippen LogP contribution in [0.5, 0.6) is 0 Å². The van der Waals surface area contributed by atoms with Crippen molar-refractivity contribution >= 4 is 35.1 Å². The molecule has 0 aliphatic heterocycles. The molecule has 2 heterocycles. The number of hydrogen-bond acceptors (Lipinski definition) is 5. The molecule has 0 aliphatic carbocycles. The van der Waals surface area contributed by atoms with Crippen molar-refractivity contribution in [1.82, 2.24) is 20.0 Å². The van der Waals surface area contributed by atoms with Crippen molar-refractivity contribution in [2.45, 2.75) is 6.92 Å². The van der Waals surface area contributed by atoms with Gasteiger partial charge >= 0.3 is 6.01 Å². The topological polar surface area (TPSA) is 85.8 Å². The number of anilines is 1. The Morgan fingerprint density at radius 3 is 2.70 bits per heavy atom. The van der Waals surface area contributed by atoms with E-state index >= 15 is 0 Å². The summed E-state index contributed by atoms with van der Waals surface area (Å²) in [7, 11) is 1.81. The Bertz CT molecular complexity index is 868. The van der Waals surface area contributed by atoms with Crippen LogP contribution in [-0.4, -0.2) is 25.9 Å². The second-order valence-corrected chi connectivity index (χ2v) is 5.63. The Kier molecular flexibility index (Phi) is 4.06. The molecule has 0 bridgehead atoms. The van der Waals surface area contributed by atoms with E-state index < -0.39 is 5.91 Å². The minimum Gasteiger partial charge on any atom is -0.401 e. The van der Waals surface area contributed by atoms with E-state index in [2.05, 4.69) is 20.6 Å². The zero-order valence-electron chi connectivity index (χ0n) is 12.2. The highest BCUT2D eigenvalue weighted by Gasteiger charge is 2.16. The second kappa shape index (κ2) is 6.02. The summed E-state index contributed by atoms with van der Waals surface area (Å²) in [4.78, 5) is 12.2. The van der Waals surface area contributed by atoms with E-state index in [0.29, 0.717) is 10.7 Å². The molecule has 23 heavy (non-hydrogen) atoms. The minimum atomic E-state index is -0.473. The predicted octanol–water partition coefficient (Wildman–Crippen LogP) is 3.34. The molecule has 0 spiro atoms. The first-order valence-corrected chi connectivity index (χ1v) is 7.30. The molecular weight excluding hydrogens is 341 g/mol. The highest BCUT2D eigenvalue weighted by atomic mass is 35.5. The van der Waals surface area contributed by atoms with Gasteiger partial charge in [0.05, 0.1) is 10.6 Å². The first-order valence-electron chi connectivity index (χ1n) is 6.55. The molecule has 0 saturated heterocycles. The molecule has 0 aliphatic rings. The lowest BCUT2D eigenvalue weighted by Crippen LogP contribution is -2.12. The number of rotatable bonds is 3. The molecule has 0 radical (unpaired) electrons. The molecule has 1 N–H and O–H groups in total. The molecule has 7 nitrogen and oxygen atoms in total. The fourth-order valence-corrected chi connectivity index (χ4v) is 2.37. The van der Waals surface area contributed by atoms with E-state index in [4.69, 9.17) is 27.6 Å². The van der Waals surface area contributed by atoms with E-state index in [1.54, 1.807) is 23.9 Å². The van der Waals surface area contributed by atoms with Crippen LogP contribution in [0.2, 0.25) is 10.0 Å². The van der Waals surface area contributed by atoms with E-state index in [1.807, 2.05) is 6.92 Å². The summed E-state index contributed by atoms with van der Waals surface area (Å²) in [6.07, 6.45) is 0. The Labute approximate surface area is 141 Å². The van der Waals surface area contributed by atoms with Gasteiger partial charge in [-0.05, 0) is 31.2 Å². The van der Waals surface area contributed by atoms with Gasteiger partial charge in [0.2, 0.25) is 0 Å². The van der Waals surface area contributed by atoms with Gasteiger partial charge in [-0.1, -0.05) is 28.3 Å². The summed E-state index contributed by atoms with van der Waals surface area (Å²) in [6, 6.07) is 6.32. The molecule has 3 rings (SSSR count). The lowest BCUT2D eigenvalue weighted by molar-refractivity contribution is 0.102. The summed E-state index contributed by atoms with van der Waals surface area (Å²) in [5, 5.41) is 15.0. The highest BCUT2D eigenvalue weighted by molar-refractivity contribution is 6.37. The van der Waals surface area contributed by atoms with Gasteiger partial charge in [0.15, 0.2) is 0 Å². The van der Waals surface area contributed by atoms with Crippen LogP contribution in [0.1, 0.15) is 16.1 Å². The number of hydrogen-bond donors (Lipinski definition) is 1. The standard InChI is InChI=1S/C14H11Cl2N5O2/c1-7-5-11(20-21(7)2)13-18-19-14(23-13)17-12(22)9-4-3-8(15)6-10(9)16/h3-6H,1-2H3,(H,17,19,22). The van der Waals surface area contributed by atoms with Gasteiger partial charge < -0.3 is 4.42 Å². The molecule has 0 fully saturated rings. The van der Waals surface area contributed by atoms with Gasteiger partial charge in [-0.3, -0.25) is 14.8 Å². The van der Waals surface area contributed by atoms with Crippen LogP contribution in [0.4, 0.5) is 6.01 Å². The maximum Gasteiger partial charge on any atom is 0.322 e. The van der Waals surface area contributed by atoms with E-state index in [-0.39, 0.29) is 22.5 Å². The number of aromatic nitrogens is 4. The van der Waals surface area contributed by atoms with E-state index in [1.165, 1.54) is 12.1 Å². The van der Waals surface area contributed by atoms with Gasteiger partial charge in [0, 0.05) is 17.8 Å². The van der Waals surface area contributed by atoms with Crippen molar-refractivity contribution in [2.24, 2.45) is 7.05 Å². The fourth-order valence-electron chi connectivity index (χ4n) is 1.88. The third-order valence-corrected chi connectivity index (χ3v) is 3.70. The number of benzene rings is 1. The van der Waals surface area contributed by atoms with Crippen LogP contribution < -0.4 is 5.32 Å². The SMILES string of the molecule is Cc1cc(-c2nnc(NC(=O)c3ccc(Cl)cc3Cl)o2)nn1C.